The van der Waals surface area contributed by atoms with Crippen LogP contribution in [0.25, 0.3) is 5.69 Å². The molecule has 0 atom stereocenters. The molecule has 1 aromatic carbocycles. The van der Waals surface area contributed by atoms with E-state index in [9.17, 15) is 9.18 Å². The predicted molar refractivity (Wildman–Crippen MR) is 90.0 cm³/mol. The van der Waals surface area contributed by atoms with Gasteiger partial charge < -0.3 is 15.0 Å². The number of nitrogens with one attached hydrogen (secondary N) is 1. The Morgan fingerprint density at radius 2 is 2.17 bits per heavy atom. The highest BCUT2D eigenvalue weighted by Crippen LogP contribution is 2.23. The van der Waals surface area contributed by atoms with Crippen LogP contribution in [0.5, 0.6) is 0 Å². The normalized spacial score (nSPS) is 14.7. The van der Waals surface area contributed by atoms with Gasteiger partial charge in [-0.05, 0) is 12.1 Å². The number of benzene rings is 1. The lowest BCUT2D eigenvalue weighted by molar-refractivity contribution is -0.118. The van der Waals surface area contributed by atoms with Gasteiger partial charge in [0.25, 0.3) is 0 Å². The number of carbonyl (C=O) groups excluding carboxylic acids is 1. The Morgan fingerprint density at radius 3 is 2.88 bits per heavy atom. The fraction of sp³-hybridized carbons (Fsp3) is 0.400. The summed E-state index contributed by atoms with van der Waals surface area (Å²) in [5.74, 6) is -0.383. The summed E-state index contributed by atoms with van der Waals surface area (Å²) >= 11 is 3.88. The number of thiol groups is 1. The summed E-state index contributed by atoms with van der Waals surface area (Å²) in [4.78, 5) is 13.1. The van der Waals surface area contributed by atoms with E-state index in [-0.39, 0.29) is 24.0 Å². The Morgan fingerprint density at radius 1 is 1.38 bits per heavy atom. The Kier molecular flexibility index (Phi) is 5.31. The molecule has 1 aromatic heterocycles. The van der Waals surface area contributed by atoms with Crippen molar-refractivity contribution >= 4 is 24.2 Å². The molecule has 1 amide bonds. The van der Waals surface area contributed by atoms with Crippen molar-refractivity contribution in [1.82, 2.24) is 20.3 Å². The summed E-state index contributed by atoms with van der Waals surface area (Å²) in [5, 5.41) is 10.6. The van der Waals surface area contributed by atoms with Gasteiger partial charge in [0.1, 0.15) is 11.5 Å². The molecule has 128 valence electrons. The molecular formula is C15H18FN5O2S. The van der Waals surface area contributed by atoms with Gasteiger partial charge in [0.05, 0.1) is 43.1 Å². The van der Waals surface area contributed by atoms with E-state index in [0.717, 1.165) is 0 Å². The van der Waals surface area contributed by atoms with Crippen LogP contribution in [0.2, 0.25) is 0 Å². The van der Waals surface area contributed by atoms with E-state index >= 15 is 0 Å². The first kappa shape index (κ1) is 16.7. The number of anilines is 1. The lowest BCUT2D eigenvalue weighted by Gasteiger charge is -2.29. The van der Waals surface area contributed by atoms with Crippen molar-refractivity contribution in [2.45, 2.75) is 6.54 Å². The van der Waals surface area contributed by atoms with Crippen LogP contribution >= 0.6 is 12.6 Å². The predicted octanol–water partition coefficient (Wildman–Crippen LogP) is 0.789. The van der Waals surface area contributed by atoms with Crippen molar-refractivity contribution in [1.29, 1.82) is 0 Å². The zero-order valence-electron chi connectivity index (χ0n) is 13.0. The molecule has 1 fully saturated rings. The molecule has 0 spiro atoms. The monoisotopic (exact) mass is 351 g/mol. The second-order valence-corrected chi connectivity index (χ2v) is 5.64. The van der Waals surface area contributed by atoms with Crippen molar-refractivity contribution in [3.05, 3.63) is 35.9 Å². The van der Waals surface area contributed by atoms with E-state index < -0.39 is 0 Å². The Bertz CT molecular complexity index is 718. The van der Waals surface area contributed by atoms with Crippen molar-refractivity contribution in [3.8, 4) is 5.69 Å². The Hall–Kier alpha value is -2.13. The molecule has 0 bridgehead atoms. The average molecular weight is 351 g/mol. The van der Waals surface area contributed by atoms with Crippen LogP contribution in [0.3, 0.4) is 0 Å². The molecule has 1 aliphatic rings. The van der Waals surface area contributed by atoms with Crippen LogP contribution in [0.1, 0.15) is 5.69 Å². The van der Waals surface area contributed by atoms with Crippen molar-refractivity contribution in [2.24, 2.45) is 0 Å². The fourth-order valence-electron chi connectivity index (χ4n) is 2.45. The molecule has 1 N–H and O–H groups in total. The number of morpholine rings is 1. The van der Waals surface area contributed by atoms with Crippen molar-refractivity contribution in [3.63, 3.8) is 0 Å². The molecule has 0 unspecified atom stereocenters. The number of aromatic nitrogens is 3. The molecule has 1 aliphatic heterocycles. The van der Waals surface area contributed by atoms with Crippen molar-refractivity contribution < 1.29 is 13.9 Å². The molecule has 24 heavy (non-hydrogen) atoms. The number of nitrogens with zero attached hydrogens (tertiary/aromatic N) is 4. The van der Waals surface area contributed by atoms with Gasteiger partial charge >= 0.3 is 0 Å². The van der Waals surface area contributed by atoms with Crippen molar-refractivity contribution in [2.75, 3.05) is 37.0 Å². The molecule has 2 heterocycles. The summed E-state index contributed by atoms with van der Waals surface area (Å²) in [5.41, 5.74) is 1.72. The van der Waals surface area contributed by atoms with E-state index in [0.29, 0.717) is 43.4 Å². The van der Waals surface area contributed by atoms with E-state index in [1.807, 2.05) is 4.90 Å². The lowest BCUT2D eigenvalue weighted by Crippen LogP contribution is -2.36. The van der Waals surface area contributed by atoms with Gasteiger partial charge in [0.15, 0.2) is 0 Å². The Balaban J connectivity index is 1.72. The Labute approximate surface area is 144 Å². The molecule has 0 aliphatic carbocycles. The molecule has 1 saturated heterocycles. The number of hydrogen-bond donors (Lipinski definition) is 2. The highest BCUT2D eigenvalue weighted by Gasteiger charge is 2.16. The van der Waals surface area contributed by atoms with Crippen LogP contribution in [0.15, 0.2) is 24.4 Å². The van der Waals surface area contributed by atoms with Gasteiger partial charge in [-0.25, -0.2) is 9.07 Å². The van der Waals surface area contributed by atoms with E-state index in [1.165, 1.54) is 10.7 Å². The maximum Gasteiger partial charge on any atom is 0.230 e. The van der Waals surface area contributed by atoms with E-state index in [4.69, 9.17) is 4.74 Å². The molecular weight excluding hydrogens is 333 g/mol. The van der Waals surface area contributed by atoms with Gasteiger partial charge in [-0.3, -0.25) is 4.79 Å². The number of rotatable bonds is 5. The maximum absolute atomic E-state index is 14.4. The largest absolute Gasteiger partial charge is 0.378 e. The molecule has 0 radical (unpaired) electrons. The topological polar surface area (TPSA) is 72.3 Å². The molecule has 0 saturated carbocycles. The SMILES string of the molecule is O=C(CS)NCc1cn(-c2ccc(N3CCOCC3)c(F)c2)nn1. The summed E-state index contributed by atoms with van der Waals surface area (Å²) in [6.45, 7) is 2.81. The number of halogens is 1. The van der Waals surface area contributed by atoms with Crippen LogP contribution < -0.4 is 10.2 Å². The maximum atomic E-state index is 14.4. The van der Waals surface area contributed by atoms with Gasteiger partial charge in [-0.15, -0.1) is 5.10 Å². The average Bonchev–Trinajstić information content (AvgIpc) is 3.09. The standard InChI is InChI=1S/C15H18FN5O2S/c16-13-7-12(1-2-14(13)20-3-5-23-6-4-20)21-9-11(18-19-21)8-17-15(22)10-24/h1-2,7,9,24H,3-6,8,10H2,(H,17,22). The van der Waals surface area contributed by atoms with Gasteiger partial charge in [0, 0.05) is 19.2 Å². The summed E-state index contributed by atoms with van der Waals surface area (Å²) in [6, 6.07) is 4.95. The minimum atomic E-state index is -0.310. The zero-order valence-corrected chi connectivity index (χ0v) is 13.9. The summed E-state index contributed by atoms with van der Waals surface area (Å²) in [7, 11) is 0. The smallest absolute Gasteiger partial charge is 0.230 e. The lowest BCUT2D eigenvalue weighted by atomic mass is 10.2. The number of ether oxygens (including phenoxy) is 1. The van der Waals surface area contributed by atoms with Gasteiger partial charge in [0.2, 0.25) is 5.91 Å². The number of carbonyl (C=O) groups is 1. The van der Waals surface area contributed by atoms with Gasteiger partial charge in [-0.2, -0.15) is 12.6 Å². The third-order valence-electron chi connectivity index (χ3n) is 3.70. The van der Waals surface area contributed by atoms with Crippen LogP contribution in [0.4, 0.5) is 10.1 Å². The quantitative estimate of drug-likeness (QED) is 0.780. The first-order valence-corrected chi connectivity index (χ1v) is 8.22. The zero-order chi connectivity index (χ0) is 16.9. The number of hydrogen-bond acceptors (Lipinski definition) is 6. The molecule has 2 aromatic rings. The first-order chi connectivity index (χ1) is 11.7. The van der Waals surface area contributed by atoms with Crippen LogP contribution in [-0.4, -0.2) is 53.0 Å². The van der Waals surface area contributed by atoms with E-state index in [2.05, 4.69) is 28.3 Å². The first-order valence-electron chi connectivity index (χ1n) is 7.59. The number of amides is 1. The van der Waals surface area contributed by atoms with Crippen LogP contribution in [0, 0.1) is 5.82 Å². The third-order valence-corrected chi connectivity index (χ3v) is 3.99. The second-order valence-electron chi connectivity index (χ2n) is 5.32. The molecule has 7 nitrogen and oxygen atoms in total. The molecule has 9 heteroatoms. The summed E-state index contributed by atoms with van der Waals surface area (Å²) < 4.78 is 21.2. The van der Waals surface area contributed by atoms with Gasteiger partial charge in [-0.1, -0.05) is 5.21 Å². The minimum Gasteiger partial charge on any atom is -0.378 e. The highest BCUT2D eigenvalue weighted by molar-refractivity contribution is 7.81. The van der Waals surface area contributed by atoms with E-state index in [1.54, 1.807) is 18.3 Å². The highest BCUT2D eigenvalue weighted by atomic mass is 32.1. The van der Waals surface area contributed by atoms with Crippen LogP contribution in [-0.2, 0) is 16.1 Å². The summed E-state index contributed by atoms with van der Waals surface area (Å²) in [6.07, 6.45) is 1.65. The third kappa shape index (κ3) is 3.85. The second kappa shape index (κ2) is 7.63. The minimum absolute atomic E-state index is 0.113. The fourth-order valence-corrected chi connectivity index (χ4v) is 2.56. The molecule has 3 rings (SSSR count).